The Balaban J connectivity index is 1.56. The third kappa shape index (κ3) is 7.60. The molecule has 4 rings (SSSR count). The summed E-state index contributed by atoms with van der Waals surface area (Å²) in [5.74, 6) is -13.8. The second-order valence-corrected chi connectivity index (χ2v) is 9.27. The fraction of sp³-hybridized carbons (Fsp3) is 0.129. The maximum absolute atomic E-state index is 14.1. The molecule has 0 saturated carbocycles. The van der Waals surface area contributed by atoms with Gasteiger partial charge in [-0.3, -0.25) is 4.79 Å². The van der Waals surface area contributed by atoms with E-state index in [2.05, 4.69) is 5.32 Å². The molecule has 0 aliphatic carbocycles. The summed E-state index contributed by atoms with van der Waals surface area (Å²) >= 11 is 0. The van der Waals surface area contributed by atoms with Crippen molar-refractivity contribution in [1.82, 2.24) is 0 Å². The highest BCUT2D eigenvalue weighted by Crippen LogP contribution is 2.24. The summed E-state index contributed by atoms with van der Waals surface area (Å²) in [5, 5.41) is 2.29. The van der Waals surface area contributed by atoms with Crippen molar-refractivity contribution in [3.63, 3.8) is 0 Å². The highest BCUT2D eigenvalue weighted by Gasteiger charge is 2.28. The molecule has 0 aliphatic heterocycles. The molecule has 222 valence electrons. The summed E-state index contributed by atoms with van der Waals surface area (Å²) < 4.78 is 79.4. The number of halogens is 5. The number of hydrogen-bond donors (Lipinski definition) is 2. The van der Waals surface area contributed by atoms with Gasteiger partial charge in [0, 0.05) is 17.7 Å². The molecule has 0 heterocycles. The SMILES string of the molecule is NC(Cc1c(F)c(F)c(F)c(F)c1F)C(=O)Nc1cc(C(=O)OCc2ccccc2)cc(C(=O)OCc2ccccc2)c1. The third-order valence-corrected chi connectivity index (χ3v) is 6.16. The monoisotopic (exact) mass is 598 g/mol. The van der Waals surface area contributed by atoms with Crippen molar-refractivity contribution >= 4 is 23.5 Å². The van der Waals surface area contributed by atoms with E-state index in [1.807, 2.05) is 0 Å². The quantitative estimate of drug-likeness (QED) is 0.106. The lowest BCUT2D eigenvalue weighted by Gasteiger charge is -2.16. The number of benzene rings is 4. The van der Waals surface area contributed by atoms with Gasteiger partial charge in [0.05, 0.1) is 17.2 Å². The average Bonchev–Trinajstić information content (AvgIpc) is 3.03. The number of carbonyl (C=O) groups is 3. The second kappa shape index (κ2) is 13.7. The first-order chi connectivity index (χ1) is 20.5. The van der Waals surface area contributed by atoms with Crippen LogP contribution >= 0.6 is 0 Å². The van der Waals surface area contributed by atoms with Crippen molar-refractivity contribution < 1.29 is 45.8 Å². The fourth-order valence-corrected chi connectivity index (χ4v) is 3.93. The van der Waals surface area contributed by atoms with E-state index in [-0.39, 0.29) is 30.0 Å². The minimum absolute atomic E-state index is 0.100. The Morgan fingerprint density at radius 1 is 0.651 bits per heavy atom. The number of nitrogens with two attached hydrogens (primary N) is 1. The van der Waals surface area contributed by atoms with Crippen LogP contribution in [-0.2, 0) is 33.9 Å². The number of nitrogens with one attached hydrogen (secondary N) is 1. The first-order valence-electron chi connectivity index (χ1n) is 12.7. The number of amides is 1. The third-order valence-electron chi connectivity index (χ3n) is 6.16. The maximum atomic E-state index is 14.1. The number of ether oxygens (including phenoxy) is 2. The normalized spacial score (nSPS) is 11.5. The van der Waals surface area contributed by atoms with E-state index in [0.29, 0.717) is 11.1 Å². The van der Waals surface area contributed by atoms with Gasteiger partial charge in [-0.15, -0.1) is 0 Å². The van der Waals surface area contributed by atoms with Gasteiger partial charge in [-0.05, 0) is 29.3 Å². The predicted molar refractivity (Wildman–Crippen MR) is 144 cm³/mol. The molecule has 7 nitrogen and oxygen atoms in total. The molecule has 0 radical (unpaired) electrons. The van der Waals surface area contributed by atoms with Gasteiger partial charge in [-0.2, -0.15) is 0 Å². The first-order valence-corrected chi connectivity index (χ1v) is 12.7. The number of hydrogen-bond acceptors (Lipinski definition) is 6. The zero-order chi connectivity index (χ0) is 31.1. The Hall–Kier alpha value is -5.10. The Morgan fingerprint density at radius 2 is 1.07 bits per heavy atom. The minimum Gasteiger partial charge on any atom is -0.457 e. The van der Waals surface area contributed by atoms with Crippen LogP contribution < -0.4 is 11.1 Å². The standard InChI is InChI=1S/C31H23F5N2O5/c32-24-22(25(33)27(35)28(36)26(24)34)14-23(37)29(39)38-21-12-19(30(40)42-15-17-7-3-1-4-8-17)11-20(13-21)31(41)43-16-18-9-5-2-6-10-18/h1-13,23H,14-16,37H2,(H,38,39). The van der Waals surface area contributed by atoms with Crippen LogP contribution in [0.2, 0.25) is 0 Å². The molecule has 4 aromatic carbocycles. The van der Waals surface area contributed by atoms with Crippen LogP contribution in [0.3, 0.4) is 0 Å². The molecule has 0 bridgehead atoms. The van der Waals surface area contributed by atoms with Crippen LogP contribution in [0.5, 0.6) is 0 Å². The van der Waals surface area contributed by atoms with Gasteiger partial charge in [0.1, 0.15) is 13.2 Å². The number of esters is 2. The molecule has 0 aliphatic rings. The van der Waals surface area contributed by atoms with E-state index in [0.717, 1.165) is 12.1 Å². The molecule has 0 saturated heterocycles. The van der Waals surface area contributed by atoms with Crippen molar-refractivity contribution in [3.05, 3.63) is 136 Å². The Kier molecular flexibility index (Phi) is 9.83. The van der Waals surface area contributed by atoms with Gasteiger partial charge in [0.15, 0.2) is 23.3 Å². The van der Waals surface area contributed by atoms with Crippen molar-refractivity contribution in [1.29, 1.82) is 0 Å². The minimum atomic E-state index is -2.35. The molecule has 4 aromatic rings. The molecule has 12 heteroatoms. The highest BCUT2D eigenvalue weighted by molar-refractivity contribution is 6.00. The summed E-state index contributed by atoms with van der Waals surface area (Å²) in [6.07, 6.45) is -1.05. The highest BCUT2D eigenvalue weighted by atomic mass is 19.2. The first kappa shape index (κ1) is 30.8. The predicted octanol–water partition coefficient (Wildman–Crippen LogP) is 5.60. The number of anilines is 1. The lowest BCUT2D eigenvalue weighted by Crippen LogP contribution is -2.38. The van der Waals surface area contributed by atoms with E-state index in [4.69, 9.17) is 15.2 Å². The number of rotatable bonds is 10. The Labute approximate surface area is 242 Å². The summed E-state index contributed by atoms with van der Waals surface area (Å²) in [6, 6.07) is 19.1. The van der Waals surface area contributed by atoms with E-state index >= 15 is 0 Å². The van der Waals surface area contributed by atoms with Gasteiger partial charge in [-0.1, -0.05) is 60.7 Å². The molecule has 3 N–H and O–H groups in total. The van der Waals surface area contributed by atoms with Crippen LogP contribution in [0.4, 0.5) is 27.6 Å². The topological polar surface area (TPSA) is 108 Å². The van der Waals surface area contributed by atoms with E-state index in [9.17, 15) is 36.3 Å². The number of carbonyl (C=O) groups excluding carboxylic acids is 3. The van der Waals surface area contributed by atoms with Gasteiger partial charge < -0.3 is 20.5 Å². The van der Waals surface area contributed by atoms with Gasteiger partial charge >= 0.3 is 11.9 Å². The lowest BCUT2D eigenvalue weighted by molar-refractivity contribution is -0.117. The lowest BCUT2D eigenvalue weighted by atomic mass is 10.0. The summed E-state index contributed by atoms with van der Waals surface area (Å²) in [4.78, 5) is 38.5. The molecule has 0 spiro atoms. The van der Waals surface area contributed by atoms with E-state index < -0.39 is 65.0 Å². The second-order valence-electron chi connectivity index (χ2n) is 9.27. The van der Waals surface area contributed by atoms with Crippen LogP contribution in [0.25, 0.3) is 0 Å². The molecule has 0 aromatic heterocycles. The summed E-state index contributed by atoms with van der Waals surface area (Å²) in [6.45, 7) is -0.201. The fourth-order valence-electron chi connectivity index (χ4n) is 3.93. The molecule has 43 heavy (non-hydrogen) atoms. The average molecular weight is 599 g/mol. The van der Waals surface area contributed by atoms with Crippen molar-refractivity contribution in [2.45, 2.75) is 25.7 Å². The Morgan fingerprint density at radius 3 is 1.51 bits per heavy atom. The Bertz CT molecular complexity index is 1550. The van der Waals surface area contributed by atoms with Gasteiger partial charge in [-0.25, -0.2) is 31.5 Å². The zero-order valence-electron chi connectivity index (χ0n) is 22.2. The largest absolute Gasteiger partial charge is 0.457 e. The van der Waals surface area contributed by atoms with Crippen molar-refractivity contribution in [2.75, 3.05) is 5.32 Å². The molecular formula is C31H23F5N2O5. The van der Waals surface area contributed by atoms with Gasteiger partial charge in [0.2, 0.25) is 11.7 Å². The molecular weight excluding hydrogens is 575 g/mol. The van der Waals surface area contributed by atoms with Crippen molar-refractivity contribution in [2.24, 2.45) is 5.73 Å². The van der Waals surface area contributed by atoms with E-state index in [1.54, 1.807) is 60.7 Å². The molecule has 1 unspecified atom stereocenters. The van der Waals surface area contributed by atoms with Crippen LogP contribution in [0.1, 0.15) is 37.4 Å². The van der Waals surface area contributed by atoms with E-state index in [1.165, 1.54) is 6.07 Å². The van der Waals surface area contributed by atoms with Crippen molar-refractivity contribution in [3.8, 4) is 0 Å². The molecule has 1 amide bonds. The molecule has 1 atom stereocenters. The summed E-state index contributed by atoms with van der Waals surface area (Å²) in [5.41, 5.74) is 5.34. The smallest absolute Gasteiger partial charge is 0.338 e. The van der Waals surface area contributed by atoms with Crippen LogP contribution in [0, 0.1) is 29.1 Å². The van der Waals surface area contributed by atoms with Crippen LogP contribution in [-0.4, -0.2) is 23.9 Å². The zero-order valence-corrected chi connectivity index (χ0v) is 22.2. The summed E-state index contributed by atoms with van der Waals surface area (Å²) in [7, 11) is 0. The van der Waals surface area contributed by atoms with Gasteiger partial charge in [0.25, 0.3) is 0 Å². The molecule has 0 fully saturated rings. The maximum Gasteiger partial charge on any atom is 0.338 e. The van der Waals surface area contributed by atoms with Crippen LogP contribution in [0.15, 0.2) is 78.9 Å².